The summed E-state index contributed by atoms with van der Waals surface area (Å²) in [5.74, 6) is 1.14. The number of nitrogens with two attached hydrogens (primary N) is 1. The lowest BCUT2D eigenvalue weighted by atomic mass is 9.84. The number of aromatic nitrogens is 1. The second-order valence-corrected chi connectivity index (χ2v) is 7.99. The van der Waals surface area contributed by atoms with E-state index in [-0.39, 0.29) is 12.0 Å². The van der Waals surface area contributed by atoms with Gasteiger partial charge in [0.05, 0.1) is 0 Å². The van der Waals surface area contributed by atoms with Crippen molar-refractivity contribution < 1.29 is 4.79 Å². The summed E-state index contributed by atoms with van der Waals surface area (Å²) >= 11 is 0. The van der Waals surface area contributed by atoms with Gasteiger partial charge in [-0.05, 0) is 49.1 Å². The Balaban J connectivity index is 1.48. The molecule has 1 aromatic rings. The van der Waals surface area contributed by atoms with Gasteiger partial charge in [0.25, 0.3) is 0 Å². The summed E-state index contributed by atoms with van der Waals surface area (Å²) in [6.45, 7) is 1.56. The maximum absolute atomic E-state index is 12.8. The van der Waals surface area contributed by atoms with Crippen LogP contribution in [0, 0.1) is 5.92 Å². The summed E-state index contributed by atoms with van der Waals surface area (Å²) in [5.41, 5.74) is 9.86. The normalized spacial score (nSPS) is 28.0. The molecule has 2 heterocycles. The largest absolute Gasteiger partial charge is 0.338 e. The van der Waals surface area contributed by atoms with Crippen LogP contribution in [0.5, 0.6) is 0 Å². The first-order valence-corrected chi connectivity index (χ1v) is 9.73. The van der Waals surface area contributed by atoms with Gasteiger partial charge in [0.2, 0.25) is 5.91 Å². The standard InChI is InChI=1S/C20H29N3O/c21-18-7-6-15(11-18)20(24)23-9-8-19-17(13-23)10-16(12-22-19)14-4-2-1-3-5-14/h10,12,14-15,18H,1-9,11,13,21H2. The topological polar surface area (TPSA) is 59.2 Å². The third-order valence-corrected chi connectivity index (χ3v) is 6.27. The first kappa shape index (κ1) is 16.1. The lowest BCUT2D eigenvalue weighted by molar-refractivity contribution is -0.136. The molecule has 0 spiro atoms. The Morgan fingerprint density at radius 1 is 1.17 bits per heavy atom. The summed E-state index contributed by atoms with van der Waals surface area (Å²) in [5, 5.41) is 0. The maximum atomic E-state index is 12.8. The minimum absolute atomic E-state index is 0.149. The highest BCUT2D eigenvalue weighted by Crippen LogP contribution is 2.34. The van der Waals surface area contributed by atoms with Crippen LogP contribution in [0.2, 0.25) is 0 Å². The number of nitrogens with zero attached hydrogens (tertiary/aromatic N) is 2. The van der Waals surface area contributed by atoms with Gasteiger partial charge in [0, 0.05) is 43.4 Å². The highest BCUT2D eigenvalue weighted by atomic mass is 16.2. The van der Waals surface area contributed by atoms with Crippen LogP contribution in [-0.4, -0.2) is 28.4 Å². The average molecular weight is 327 g/mol. The quantitative estimate of drug-likeness (QED) is 0.908. The molecule has 1 aliphatic heterocycles. The third kappa shape index (κ3) is 3.21. The molecular weight excluding hydrogens is 298 g/mol. The fourth-order valence-electron chi connectivity index (χ4n) is 4.79. The zero-order chi connectivity index (χ0) is 16.5. The van der Waals surface area contributed by atoms with Crippen LogP contribution in [0.15, 0.2) is 12.3 Å². The van der Waals surface area contributed by atoms with Crippen LogP contribution in [0.1, 0.15) is 74.1 Å². The number of hydrogen-bond donors (Lipinski definition) is 1. The first-order valence-electron chi connectivity index (χ1n) is 9.73. The molecule has 2 N–H and O–H groups in total. The van der Waals surface area contributed by atoms with Gasteiger partial charge >= 0.3 is 0 Å². The molecule has 2 unspecified atom stereocenters. The van der Waals surface area contributed by atoms with Crippen LogP contribution in [-0.2, 0) is 17.8 Å². The summed E-state index contributed by atoms with van der Waals surface area (Å²) in [4.78, 5) is 19.6. The van der Waals surface area contributed by atoms with Gasteiger partial charge in [-0.15, -0.1) is 0 Å². The van der Waals surface area contributed by atoms with E-state index in [9.17, 15) is 4.79 Å². The van der Waals surface area contributed by atoms with E-state index in [0.717, 1.165) is 38.8 Å². The van der Waals surface area contributed by atoms with E-state index in [1.54, 1.807) is 0 Å². The predicted molar refractivity (Wildman–Crippen MR) is 94.5 cm³/mol. The molecule has 24 heavy (non-hydrogen) atoms. The molecule has 2 saturated carbocycles. The molecule has 4 rings (SSSR count). The zero-order valence-electron chi connectivity index (χ0n) is 14.5. The van der Waals surface area contributed by atoms with Gasteiger partial charge in [0.15, 0.2) is 0 Å². The summed E-state index contributed by atoms with van der Waals surface area (Å²) in [6.07, 6.45) is 12.5. The van der Waals surface area contributed by atoms with E-state index >= 15 is 0 Å². The smallest absolute Gasteiger partial charge is 0.226 e. The molecular formula is C20H29N3O. The molecule has 0 radical (unpaired) electrons. The number of fused-ring (bicyclic) bond motifs is 1. The van der Waals surface area contributed by atoms with Crippen molar-refractivity contribution in [3.63, 3.8) is 0 Å². The lowest BCUT2D eigenvalue weighted by Crippen LogP contribution is -2.39. The number of amides is 1. The number of carbonyl (C=O) groups is 1. The highest BCUT2D eigenvalue weighted by molar-refractivity contribution is 5.79. The van der Waals surface area contributed by atoms with Crippen molar-refractivity contribution in [3.8, 4) is 0 Å². The first-order chi connectivity index (χ1) is 11.7. The molecule has 2 aliphatic carbocycles. The summed E-state index contributed by atoms with van der Waals surface area (Å²) < 4.78 is 0. The van der Waals surface area contributed by atoms with Crippen molar-refractivity contribution in [2.24, 2.45) is 11.7 Å². The van der Waals surface area contributed by atoms with E-state index in [4.69, 9.17) is 10.7 Å². The third-order valence-electron chi connectivity index (χ3n) is 6.27. The van der Waals surface area contributed by atoms with E-state index in [0.29, 0.717) is 11.8 Å². The maximum Gasteiger partial charge on any atom is 0.226 e. The molecule has 0 bridgehead atoms. The minimum Gasteiger partial charge on any atom is -0.338 e. The second-order valence-electron chi connectivity index (χ2n) is 7.99. The van der Waals surface area contributed by atoms with Crippen molar-refractivity contribution in [2.75, 3.05) is 6.54 Å². The highest BCUT2D eigenvalue weighted by Gasteiger charge is 2.32. The van der Waals surface area contributed by atoms with Crippen LogP contribution in [0.25, 0.3) is 0 Å². The molecule has 130 valence electrons. The van der Waals surface area contributed by atoms with Crippen LogP contribution >= 0.6 is 0 Å². The van der Waals surface area contributed by atoms with Gasteiger partial charge in [-0.2, -0.15) is 0 Å². The molecule has 4 heteroatoms. The Hall–Kier alpha value is -1.42. The minimum atomic E-state index is 0.149. The van der Waals surface area contributed by atoms with Gasteiger partial charge in [-0.25, -0.2) is 0 Å². The summed E-state index contributed by atoms with van der Waals surface area (Å²) in [7, 11) is 0. The van der Waals surface area contributed by atoms with Crippen molar-refractivity contribution in [2.45, 2.75) is 76.3 Å². The average Bonchev–Trinajstić information content (AvgIpc) is 3.07. The second kappa shape index (κ2) is 6.83. The van der Waals surface area contributed by atoms with Gasteiger partial charge in [0.1, 0.15) is 0 Å². The monoisotopic (exact) mass is 327 g/mol. The Morgan fingerprint density at radius 2 is 2.00 bits per heavy atom. The zero-order valence-corrected chi connectivity index (χ0v) is 14.5. The molecule has 4 nitrogen and oxygen atoms in total. The Bertz CT molecular complexity index is 609. The molecule has 0 saturated heterocycles. The number of hydrogen-bond acceptors (Lipinski definition) is 3. The van der Waals surface area contributed by atoms with E-state index in [1.165, 1.54) is 48.9 Å². The fraction of sp³-hybridized carbons (Fsp3) is 0.700. The van der Waals surface area contributed by atoms with Gasteiger partial charge in [-0.3, -0.25) is 9.78 Å². The molecule has 1 amide bonds. The molecule has 3 aliphatic rings. The molecule has 0 aromatic carbocycles. The molecule has 2 fully saturated rings. The number of pyridine rings is 1. The fourth-order valence-corrected chi connectivity index (χ4v) is 4.79. The molecule has 2 atom stereocenters. The van der Waals surface area contributed by atoms with Gasteiger partial charge in [-0.1, -0.05) is 25.3 Å². The van der Waals surface area contributed by atoms with Gasteiger partial charge < -0.3 is 10.6 Å². The Labute approximate surface area is 144 Å². The number of rotatable bonds is 2. The van der Waals surface area contributed by atoms with E-state index in [1.807, 2.05) is 0 Å². The number of carbonyl (C=O) groups excluding carboxylic acids is 1. The van der Waals surface area contributed by atoms with Crippen molar-refractivity contribution >= 4 is 5.91 Å². The Morgan fingerprint density at radius 3 is 2.75 bits per heavy atom. The molecule has 1 aromatic heterocycles. The SMILES string of the molecule is NC1CCC(C(=O)N2CCc3ncc(C4CCCCC4)cc3C2)C1. The van der Waals surface area contributed by atoms with E-state index < -0.39 is 0 Å². The van der Waals surface area contributed by atoms with Crippen molar-refractivity contribution in [1.82, 2.24) is 9.88 Å². The van der Waals surface area contributed by atoms with E-state index in [2.05, 4.69) is 17.2 Å². The van der Waals surface area contributed by atoms with Crippen molar-refractivity contribution in [1.29, 1.82) is 0 Å². The Kier molecular flexibility index (Phi) is 4.57. The predicted octanol–water partition coefficient (Wildman–Crippen LogP) is 3.14. The van der Waals surface area contributed by atoms with Crippen LogP contribution in [0.3, 0.4) is 0 Å². The van der Waals surface area contributed by atoms with Crippen molar-refractivity contribution in [3.05, 3.63) is 29.1 Å². The summed E-state index contributed by atoms with van der Waals surface area (Å²) in [6, 6.07) is 2.56. The van der Waals surface area contributed by atoms with Crippen LogP contribution in [0.4, 0.5) is 0 Å². The lowest BCUT2D eigenvalue weighted by Gasteiger charge is -2.31. The van der Waals surface area contributed by atoms with Crippen LogP contribution < -0.4 is 5.73 Å².